The van der Waals surface area contributed by atoms with Crippen molar-refractivity contribution in [2.75, 3.05) is 19.0 Å². The molecule has 2 aliphatic carbocycles. The van der Waals surface area contributed by atoms with Crippen molar-refractivity contribution >= 4 is 21.5 Å². The van der Waals surface area contributed by atoms with Gasteiger partial charge in [0, 0.05) is 18.7 Å². The fourth-order valence-electron chi connectivity index (χ4n) is 5.16. The molecule has 1 aromatic carbocycles. The van der Waals surface area contributed by atoms with Crippen molar-refractivity contribution in [3.05, 3.63) is 34.5 Å². The van der Waals surface area contributed by atoms with Gasteiger partial charge >= 0.3 is 0 Å². The van der Waals surface area contributed by atoms with Crippen LogP contribution in [0.25, 0.3) is 0 Å². The Balaban J connectivity index is 1.49. The van der Waals surface area contributed by atoms with Crippen LogP contribution in [0.2, 0.25) is 0 Å². The van der Waals surface area contributed by atoms with Crippen molar-refractivity contribution in [2.45, 2.75) is 62.0 Å². The minimum Gasteiger partial charge on any atom is -0.458 e. The maximum Gasteiger partial charge on any atom is 0.270 e. The molecule has 2 heterocycles. The molecule has 1 aromatic heterocycles. The fraction of sp³-hybridized carbons (Fsp3) is 0.524. The molecule has 2 unspecified atom stereocenters. The molecule has 0 bridgehead atoms. The standard InChI is InChI=1S/C21H27N5O4S/c1-21(11-26-19(30-21)16(9-24-26)31(22,23)28)20(27)25-18-15-5-3-4-12(15)8-13-6-7-14(10-29-2)17(13)18/h8-9,14H,3-7,10-11H2,1-2H3,(H,25,27)(H3,22,23,28)/t14-,21?/m1/s1. The van der Waals surface area contributed by atoms with Crippen molar-refractivity contribution in [1.29, 1.82) is 4.78 Å². The van der Waals surface area contributed by atoms with Gasteiger partial charge in [-0.1, -0.05) is 6.07 Å². The van der Waals surface area contributed by atoms with Crippen molar-refractivity contribution in [1.82, 2.24) is 9.78 Å². The number of aromatic nitrogens is 2. The van der Waals surface area contributed by atoms with Crippen LogP contribution in [-0.4, -0.2) is 39.2 Å². The first-order chi connectivity index (χ1) is 14.7. The predicted molar refractivity (Wildman–Crippen MR) is 115 cm³/mol. The molecule has 31 heavy (non-hydrogen) atoms. The van der Waals surface area contributed by atoms with Crippen LogP contribution in [0.3, 0.4) is 0 Å². The van der Waals surface area contributed by atoms with E-state index in [0.717, 1.165) is 37.8 Å². The number of ether oxygens (including phenoxy) is 2. The number of aryl methyl sites for hydroxylation is 2. The lowest BCUT2D eigenvalue weighted by molar-refractivity contribution is -0.129. The lowest BCUT2D eigenvalue weighted by Gasteiger charge is -2.25. The summed E-state index contributed by atoms with van der Waals surface area (Å²) in [5.74, 6) is 0.0923. The second-order valence-corrected chi connectivity index (χ2v) is 10.5. The van der Waals surface area contributed by atoms with Crippen LogP contribution in [0.5, 0.6) is 5.88 Å². The lowest BCUT2D eigenvalue weighted by Crippen LogP contribution is -2.45. The third-order valence-electron chi connectivity index (χ3n) is 6.64. The van der Waals surface area contributed by atoms with Gasteiger partial charge in [-0.15, -0.1) is 0 Å². The van der Waals surface area contributed by atoms with Crippen LogP contribution < -0.4 is 15.2 Å². The molecule has 10 heteroatoms. The van der Waals surface area contributed by atoms with E-state index in [1.165, 1.54) is 33.1 Å². The van der Waals surface area contributed by atoms with Gasteiger partial charge in [-0.05, 0) is 61.3 Å². The Hall–Kier alpha value is -2.43. The van der Waals surface area contributed by atoms with Crippen molar-refractivity contribution in [3.63, 3.8) is 0 Å². The van der Waals surface area contributed by atoms with Crippen LogP contribution in [0.1, 0.15) is 47.9 Å². The third kappa shape index (κ3) is 3.24. The van der Waals surface area contributed by atoms with E-state index in [1.807, 2.05) is 0 Å². The molecule has 5 rings (SSSR count). The highest BCUT2D eigenvalue weighted by Crippen LogP contribution is 2.45. The smallest absolute Gasteiger partial charge is 0.270 e. The number of nitrogens with two attached hydrogens (primary N) is 1. The van der Waals surface area contributed by atoms with E-state index in [2.05, 4.69) is 16.5 Å². The van der Waals surface area contributed by atoms with Gasteiger partial charge in [0.1, 0.15) is 14.8 Å². The summed E-state index contributed by atoms with van der Waals surface area (Å²) < 4.78 is 32.5. The molecule has 3 aliphatic rings. The molecule has 1 aliphatic heterocycles. The zero-order valence-electron chi connectivity index (χ0n) is 17.7. The number of hydrogen-bond acceptors (Lipinski definition) is 6. The molecule has 0 radical (unpaired) electrons. The molecule has 0 saturated heterocycles. The Labute approximate surface area is 181 Å². The first kappa shape index (κ1) is 20.5. The summed E-state index contributed by atoms with van der Waals surface area (Å²) in [7, 11) is -1.80. The quantitative estimate of drug-likeness (QED) is 0.648. The van der Waals surface area contributed by atoms with Gasteiger partial charge in [0.2, 0.25) is 11.5 Å². The first-order valence-corrected chi connectivity index (χ1v) is 12.1. The average molecular weight is 446 g/mol. The van der Waals surface area contributed by atoms with Crippen molar-refractivity contribution < 1.29 is 18.5 Å². The minimum atomic E-state index is -3.50. The number of rotatable bonds is 5. The number of fused-ring (bicyclic) bond motifs is 3. The third-order valence-corrected chi connectivity index (χ3v) is 7.58. The number of carbonyl (C=O) groups excluding carboxylic acids is 1. The molecule has 4 N–H and O–H groups in total. The van der Waals surface area contributed by atoms with Crippen molar-refractivity contribution in [3.8, 4) is 5.88 Å². The van der Waals surface area contributed by atoms with Crippen LogP contribution in [0.4, 0.5) is 5.69 Å². The van der Waals surface area contributed by atoms with Gasteiger partial charge in [0.25, 0.3) is 5.91 Å². The van der Waals surface area contributed by atoms with E-state index < -0.39 is 15.5 Å². The molecule has 0 fully saturated rings. The van der Waals surface area contributed by atoms with Crippen LogP contribution in [0.15, 0.2) is 17.2 Å². The van der Waals surface area contributed by atoms with Gasteiger partial charge in [-0.2, -0.15) is 5.10 Å². The maximum atomic E-state index is 13.5. The number of carbonyl (C=O) groups is 1. The van der Waals surface area contributed by atoms with Gasteiger partial charge in [-0.25, -0.2) is 18.8 Å². The Bertz CT molecular complexity index is 1190. The van der Waals surface area contributed by atoms with Crippen LogP contribution >= 0.6 is 0 Å². The molecule has 0 saturated carbocycles. The van der Waals surface area contributed by atoms with E-state index >= 15 is 0 Å². The zero-order chi connectivity index (χ0) is 22.0. The molecular weight excluding hydrogens is 418 g/mol. The first-order valence-electron chi connectivity index (χ1n) is 10.5. The largest absolute Gasteiger partial charge is 0.458 e. The summed E-state index contributed by atoms with van der Waals surface area (Å²) in [6.07, 6.45) is 6.32. The van der Waals surface area contributed by atoms with Crippen LogP contribution in [0, 0.1) is 4.78 Å². The zero-order valence-corrected chi connectivity index (χ0v) is 18.5. The number of nitrogens with zero attached hydrogens (tertiary/aromatic N) is 2. The summed E-state index contributed by atoms with van der Waals surface area (Å²) >= 11 is 0. The lowest BCUT2D eigenvalue weighted by atomic mass is 9.93. The Morgan fingerprint density at radius 2 is 2.26 bits per heavy atom. The minimum absolute atomic E-state index is 0.00526. The summed E-state index contributed by atoms with van der Waals surface area (Å²) in [4.78, 5) is 13.5. The highest BCUT2D eigenvalue weighted by Gasteiger charge is 2.46. The number of nitrogens with one attached hydrogen (secondary N) is 2. The summed E-state index contributed by atoms with van der Waals surface area (Å²) in [5.41, 5.74) is 4.68. The number of hydrogen-bond donors (Lipinski definition) is 3. The second-order valence-electron chi connectivity index (χ2n) is 8.87. The monoisotopic (exact) mass is 445 g/mol. The highest BCUT2D eigenvalue weighted by molar-refractivity contribution is 7.90. The molecule has 0 spiro atoms. The van der Waals surface area contributed by atoms with E-state index in [0.29, 0.717) is 6.61 Å². The summed E-state index contributed by atoms with van der Waals surface area (Å²) in [5, 5.41) is 12.8. The Morgan fingerprint density at radius 1 is 1.45 bits per heavy atom. The van der Waals surface area contributed by atoms with E-state index in [4.69, 9.17) is 19.4 Å². The fourth-order valence-corrected chi connectivity index (χ4v) is 5.77. The van der Waals surface area contributed by atoms with Gasteiger partial charge in [0.05, 0.1) is 19.3 Å². The molecule has 9 nitrogen and oxygen atoms in total. The van der Waals surface area contributed by atoms with Gasteiger partial charge in [0.15, 0.2) is 0 Å². The van der Waals surface area contributed by atoms with Crippen LogP contribution in [-0.2, 0) is 45.3 Å². The predicted octanol–water partition coefficient (Wildman–Crippen LogP) is 2.12. The Morgan fingerprint density at radius 3 is 3.00 bits per heavy atom. The van der Waals surface area contributed by atoms with Crippen molar-refractivity contribution in [2.24, 2.45) is 5.14 Å². The van der Waals surface area contributed by atoms with Gasteiger partial charge in [-0.3, -0.25) is 4.79 Å². The van der Waals surface area contributed by atoms with E-state index in [1.54, 1.807) is 14.0 Å². The molecular formula is C21H27N5O4S. The Kier molecular flexibility index (Phi) is 4.65. The number of amides is 1. The molecule has 1 amide bonds. The summed E-state index contributed by atoms with van der Waals surface area (Å²) in [6.45, 7) is 2.46. The topological polar surface area (TPSA) is 132 Å². The maximum absolute atomic E-state index is 13.5. The SMILES string of the molecule is COC[C@H]1CCc2cc3c(c(NC(=O)C4(C)Cn5ncc(S(=N)(N)=O)c5O4)c21)CCC3. The molecule has 3 atom stereocenters. The average Bonchev–Trinajstić information content (AvgIpc) is 3.44. The number of methoxy groups -OCH3 is 1. The second kappa shape index (κ2) is 7.04. The molecule has 2 aromatic rings. The number of anilines is 1. The normalized spacial score (nSPS) is 25.5. The molecule has 166 valence electrons. The van der Waals surface area contributed by atoms with E-state index in [9.17, 15) is 9.00 Å². The highest BCUT2D eigenvalue weighted by atomic mass is 32.2. The number of benzene rings is 1. The van der Waals surface area contributed by atoms with Gasteiger partial charge < -0.3 is 14.8 Å². The van der Waals surface area contributed by atoms with E-state index in [-0.39, 0.29) is 29.1 Å². The summed E-state index contributed by atoms with van der Waals surface area (Å²) in [6, 6.07) is 2.31.